The molecule has 0 aromatic heterocycles. The Morgan fingerprint density at radius 2 is 0.839 bits per heavy atom. The highest BCUT2D eigenvalue weighted by Gasteiger charge is 2.36. The Morgan fingerprint density at radius 1 is 0.419 bits per heavy atom. The number of amides is 7. The molecule has 0 saturated heterocycles. The van der Waals surface area contributed by atoms with E-state index >= 15 is 0 Å². The van der Waals surface area contributed by atoms with Gasteiger partial charge in [0, 0.05) is 88.8 Å². The zero-order valence-electron chi connectivity index (χ0n) is 55.6. The summed E-state index contributed by atoms with van der Waals surface area (Å²) < 4.78 is 0. The summed E-state index contributed by atoms with van der Waals surface area (Å²) >= 11 is 0. The number of aliphatic hydroxyl groups excluding tert-OH is 5. The molecule has 0 rings (SSSR count). The summed E-state index contributed by atoms with van der Waals surface area (Å²) in [5, 5.41) is 71.1. The highest BCUT2D eigenvalue weighted by Crippen LogP contribution is 2.21. The van der Waals surface area contributed by atoms with Gasteiger partial charge in [-0.3, -0.25) is 67.5 Å². The summed E-state index contributed by atoms with van der Waals surface area (Å²) in [6.07, 6.45) is 10.7. The summed E-state index contributed by atoms with van der Waals surface area (Å²) in [6, 6.07) is -5.66. The van der Waals surface area contributed by atoms with E-state index in [2.05, 4.69) is 43.5 Å². The number of nitrogens with two attached hydrogens (primary N) is 6. The molecular formula is C62H113N13O18. The fourth-order valence-corrected chi connectivity index (χ4v) is 9.77. The van der Waals surface area contributed by atoms with Gasteiger partial charge in [0.25, 0.3) is 0 Å². The number of aliphatic carboxylic acids is 1. The molecule has 534 valence electrons. The van der Waals surface area contributed by atoms with Gasteiger partial charge < -0.3 is 91.6 Å². The molecule has 31 heteroatoms. The van der Waals surface area contributed by atoms with Crippen molar-refractivity contribution in [2.24, 2.45) is 74.0 Å². The maximum atomic E-state index is 13.3. The molecule has 0 heterocycles. The van der Waals surface area contributed by atoms with Gasteiger partial charge in [0.05, 0.1) is 43.5 Å². The van der Waals surface area contributed by atoms with E-state index in [-0.39, 0.29) is 74.6 Å². The molecule has 0 fully saturated rings. The van der Waals surface area contributed by atoms with E-state index in [0.29, 0.717) is 25.8 Å². The Morgan fingerprint density at radius 3 is 1.29 bits per heavy atom. The van der Waals surface area contributed by atoms with Crippen LogP contribution in [0.5, 0.6) is 0 Å². The number of rotatable bonds is 54. The fourth-order valence-electron chi connectivity index (χ4n) is 9.77. The number of primary amides is 2. The van der Waals surface area contributed by atoms with E-state index < -0.39 is 164 Å². The quantitative estimate of drug-likeness (QED) is 0.0196. The minimum absolute atomic E-state index is 0.00588. The first kappa shape index (κ1) is 87.8. The number of aliphatic hydroxyl groups is 5. The van der Waals surface area contributed by atoms with E-state index in [0.717, 1.165) is 33.1 Å². The fraction of sp³-hybridized carbons (Fsp3) is 0.774. The SMILES string of the molecule is CCCCCCCCCCCCCCCC(=O)N[C@@H](CCCN=C(N)N)C(=O)C[C@@H](CCC(N)=O)C(=O)NC.C[C@H](C(=O)C[C@@H](CCCN=C(N)N)C(=O)N[C@@H](CO)C(=O)C[C@@H](CO)C(=O)N[C@H](C(=O)C[C@@H](CCC(=O)O)C(=O)N[C@H](C(N)=O)[C@@H](C)O)[C@@H](C)O)[C@@H](C)O. The number of carboxylic acids is 1. The predicted octanol–water partition coefficient (Wildman–Crippen LogP) is -1.07. The van der Waals surface area contributed by atoms with E-state index in [1.807, 2.05) is 0 Å². The van der Waals surface area contributed by atoms with Crippen molar-refractivity contribution in [2.45, 2.75) is 244 Å². The lowest BCUT2D eigenvalue weighted by molar-refractivity contribution is -0.140. The first-order valence-electron chi connectivity index (χ1n) is 32.5. The Labute approximate surface area is 546 Å². The second-order valence-corrected chi connectivity index (χ2v) is 23.8. The molecule has 0 aromatic carbocycles. The number of hydrogen-bond donors (Lipinski definition) is 17. The molecule has 31 nitrogen and oxygen atoms in total. The van der Waals surface area contributed by atoms with Crippen molar-refractivity contribution < 1.29 is 88.2 Å². The number of carbonyl (C=O) groups is 12. The molecule has 12 atom stereocenters. The zero-order chi connectivity index (χ0) is 71.2. The maximum absolute atomic E-state index is 13.3. The van der Waals surface area contributed by atoms with Gasteiger partial charge in [-0.1, -0.05) is 90.9 Å². The lowest BCUT2D eigenvalue weighted by Crippen LogP contribution is -2.54. The summed E-state index contributed by atoms with van der Waals surface area (Å²) in [6.45, 7) is 5.94. The van der Waals surface area contributed by atoms with Crippen molar-refractivity contribution in [1.82, 2.24) is 26.6 Å². The van der Waals surface area contributed by atoms with Crippen molar-refractivity contribution in [3.63, 3.8) is 0 Å². The number of aliphatic imine (C=N–C) groups is 2. The molecule has 7 amide bonds. The van der Waals surface area contributed by atoms with Crippen LogP contribution in [0.25, 0.3) is 0 Å². The number of nitrogens with one attached hydrogen (secondary N) is 5. The third kappa shape index (κ3) is 41.9. The highest BCUT2D eigenvalue weighted by molar-refractivity contribution is 5.97. The summed E-state index contributed by atoms with van der Waals surface area (Å²) in [5.41, 5.74) is 31.8. The van der Waals surface area contributed by atoms with E-state index in [1.54, 1.807) is 0 Å². The average molecular weight is 1330 g/mol. The molecule has 23 N–H and O–H groups in total. The molecule has 0 radical (unpaired) electrons. The summed E-state index contributed by atoms with van der Waals surface area (Å²) in [4.78, 5) is 158. The number of unbranched alkanes of at least 4 members (excludes halogenated alkanes) is 12. The van der Waals surface area contributed by atoms with Crippen molar-refractivity contribution in [2.75, 3.05) is 33.4 Å². The Bertz CT molecular complexity index is 2370. The van der Waals surface area contributed by atoms with Crippen molar-refractivity contribution in [3.05, 3.63) is 0 Å². The number of guanidine groups is 2. The predicted molar refractivity (Wildman–Crippen MR) is 347 cm³/mol. The van der Waals surface area contributed by atoms with Gasteiger partial charge in [-0.15, -0.1) is 0 Å². The minimum atomic E-state index is -1.74. The molecule has 0 aromatic rings. The summed E-state index contributed by atoms with van der Waals surface area (Å²) in [7, 11) is 1.48. The summed E-state index contributed by atoms with van der Waals surface area (Å²) in [5.74, 6) is -14.7. The number of carbonyl (C=O) groups excluding carboxylic acids is 11. The number of nitrogens with zero attached hydrogens (tertiary/aromatic N) is 2. The van der Waals surface area contributed by atoms with Crippen LogP contribution in [0.3, 0.4) is 0 Å². The number of Topliss-reactive ketones (excluding diaryl/α,β-unsaturated/α-hetero) is 4. The standard InChI is InChI=1S/C33H57N7O14.C29H56N6O4/c1-15(16(2)43)23(46)10-19(6-5-9-37-33(35)36)30(52)38-22(14-42)24(47)12-21(13-41)32(54)39-27(17(3)44)25(48)11-20(7-8-26(49)50)31(53)40-28(18(4)45)29(34)51;1-3-4-5-6-7-8-9-10-11-12-13-14-15-18-27(38)35-24(17-16-21-34-29(31)32)25(36)22-23(28(39)33-2)19-20-26(30)37/h15-22,27-28,41-45H,5-14H2,1-4H3,(H2,34,51)(H,38,52)(H,39,54)(H,40,53)(H,49,50)(H4,35,36,37);23-24H,3-22H2,1-2H3,(H2,30,37)(H,33,39)(H,35,38)(H4,31,32,34)/t15-,16+,17+,18+,19+,20+,21-,22-,27-,28-;23-,24+/m01/s1. The van der Waals surface area contributed by atoms with Crippen LogP contribution in [0.1, 0.15) is 202 Å². The molecule has 93 heavy (non-hydrogen) atoms. The van der Waals surface area contributed by atoms with Crippen LogP contribution in [-0.4, -0.2) is 189 Å². The van der Waals surface area contributed by atoms with E-state index in [1.165, 1.54) is 85.1 Å². The van der Waals surface area contributed by atoms with Crippen molar-refractivity contribution in [3.8, 4) is 0 Å². The monoisotopic (exact) mass is 1330 g/mol. The third-order valence-electron chi connectivity index (χ3n) is 15.7. The van der Waals surface area contributed by atoms with Crippen LogP contribution in [0.4, 0.5) is 0 Å². The highest BCUT2D eigenvalue weighted by atomic mass is 16.4. The molecule has 0 unspecified atom stereocenters. The third-order valence-corrected chi connectivity index (χ3v) is 15.7. The van der Waals surface area contributed by atoms with Gasteiger partial charge in [-0.05, 0) is 65.7 Å². The second-order valence-electron chi connectivity index (χ2n) is 23.8. The Hall–Kier alpha value is -7.22. The van der Waals surface area contributed by atoms with E-state index in [4.69, 9.17) is 39.5 Å². The van der Waals surface area contributed by atoms with Crippen LogP contribution >= 0.6 is 0 Å². The van der Waals surface area contributed by atoms with Gasteiger partial charge in [0.2, 0.25) is 41.4 Å². The van der Waals surface area contributed by atoms with Gasteiger partial charge in [-0.2, -0.15) is 0 Å². The largest absolute Gasteiger partial charge is 0.481 e. The van der Waals surface area contributed by atoms with Gasteiger partial charge in [0.15, 0.2) is 29.3 Å². The first-order chi connectivity index (χ1) is 43.8. The maximum Gasteiger partial charge on any atom is 0.303 e. The van der Waals surface area contributed by atoms with Crippen molar-refractivity contribution >= 4 is 82.4 Å². The van der Waals surface area contributed by atoms with Crippen LogP contribution in [0.15, 0.2) is 9.98 Å². The minimum Gasteiger partial charge on any atom is -0.481 e. The van der Waals surface area contributed by atoms with Crippen molar-refractivity contribution in [1.29, 1.82) is 0 Å². The molecule has 0 bridgehead atoms. The second kappa shape index (κ2) is 51.2. The molecular weight excluding hydrogens is 1210 g/mol. The number of carboxylic acid groups (broad SMARTS) is 1. The Balaban J connectivity index is 0. The molecule has 0 spiro atoms. The van der Waals surface area contributed by atoms with Crippen LogP contribution in [0.2, 0.25) is 0 Å². The lowest BCUT2D eigenvalue weighted by atomic mass is 9.89. The molecule has 0 saturated carbocycles. The Kier molecular flexibility index (Phi) is 48.4. The number of hydrogen-bond acceptors (Lipinski definition) is 19. The van der Waals surface area contributed by atoms with Crippen LogP contribution < -0.4 is 61.0 Å². The zero-order valence-corrected chi connectivity index (χ0v) is 55.6. The van der Waals surface area contributed by atoms with Gasteiger partial charge in [0.1, 0.15) is 23.9 Å². The smallest absolute Gasteiger partial charge is 0.303 e. The first-order valence-corrected chi connectivity index (χ1v) is 32.5. The topological polar surface area (TPSA) is 567 Å². The number of ketones is 4. The van der Waals surface area contributed by atoms with Crippen LogP contribution in [0, 0.1) is 29.6 Å². The normalized spacial score (nSPS) is 14.9. The van der Waals surface area contributed by atoms with Crippen LogP contribution in [-0.2, 0) is 57.5 Å². The molecule has 0 aliphatic carbocycles. The van der Waals surface area contributed by atoms with Gasteiger partial charge >= 0.3 is 5.97 Å². The average Bonchev–Trinajstić information content (AvgIpc) is 1.56. The molecule has 0 aliphatic rings. The molecule has 0 aliphatic heterocycles. The lowest BCUT2D eigenvalue weighted by Gasteiger charge is -2.26. The van der Waals surface area contributed by atoms with Gasteiger partial charge in [-0.25, -0.2) is 0 Å². The van der Waals surface area contributed by atoms with E-state index in [9.17, 15) is 83.1 Å².